The van der Waals surface area contributed by atoms with E-state index in [2.05, 4.69) is 17.5 Å². The lowest BCUT2D eigenvalue weighted by Crippen LogP contribution is -2.41. The average molecular weight is 226 g/mol. The number of amides is 2. The Hall–Kier alpha value is -1.03. The van der Waals surface area contributed by atoms with Crippen molar-refractivity contribution in [3.8, 4) is 0 Å². The summed E-state index contributed by atoms with van der Waals surface area (Å²) in [5.41, 5.74) is 0. The van der Waals surface area contributed by atoms with Gasteiger partial charge in [-0.25, -0.2) is 4.79 Å². The first kappa shape index (κ1) is 13.0. The van der Waals surface area contributed by atoms with Crippen LogP contribution in [-0.2, 0) is 4.74 Å². The molecule has 0 aromatic rings. The summed E-state index contributed by atoms with van der Waals surface area (Å²) in [5, 5.41) is 2.96. The molecule has 0 heterocycles. The van der Waals surface area contributed by atoms with Gasteiger partial charge in [0.05, 0.1) is 6.61 Å². The first-order valence-electron chi connectivity index (χ1n) is 5.87. The van der Waals surface area contributed by atoms with Crippen molar-refractivity contribution in [2.45, 2.75) is 19.3 Å². The van der Waals surface area contributed by atoms with Crippen molar-refractivity contribution in [3.63, 3.8) is 0 Å². The number of carbonyl (C=O) groups excluding carboxylic acids is 1. The molecule has 0 bridgehead atoms. The highest BCUT2D eigenvalue weighted by atomic mass is 16.5. The second kappa shape index (κ2) is 7.28. The summed E-state index contributed by atoms with van der Waals surface area (Å²) in [7, 11) is 3.43. The molecule has 0 aromatic carbocycles. The van der Waals surface area contributed by atoms with Crippen molar-refractivity contribution in [1.29, 1.82) is 0 Å². The van der Waals surface area contributed by atoms with E-state index in [-0.39, 0.29) is 6.03 Å². The molecule has 0 aliphatic heterocycles. The Morgan fingerprint density at radius 2 is 2.38 bits per heavy atom. The van der Waals surface area contributed by atoms with E-state index < -0.39 is 0 Å². The topological polar surface area (TPSA) is 41.6 Å². The molecule has 1 unspecified atom stereocenters. The zero-order valence-electron chi connectivity index (χ0n) is 10.2. The standard InChI is InChI=1S/C12H22N2O2/c1-14(8-9-16-2)12(15)13-10-11-6-4-3-5-7-11/h3-4,11H,5-10H2,1-2H3,(H,13,15). The molecule has 16 heavy (non-hydrogen) atoms. The summed E-state index contributed by atoms with van der Waals surface area (Å²) in [6.45, 7) is 1.99. The summed E-state index contributed by atoms with van der Waals surface area (Å²) in [6, 6.07) is -0.00777. The number of allylic oxidation sites excluding steroid dienone is 2. The van der Waals surface area contributed by atoms with Gasteiger partial charge in [0, 0.05) is 27.2 Å². The number of ether oxygens (including phenoxy) is 1. The number of likely N-dealkylation sites (N-methyl/N-ethyl adjacent to an activating group) is 1. The SMILES string of the molecule is COCCN(C)C(=O)NCC1CC=CCC1. The molecule has 0 spiro atoms. The molecule has 1 aliphatic rings. The fourth-order valence-electron chi connectivity index (χ4n) is 1.74. The summed E-state index contributed by atoms with van der Waals surface area (Å²) < 4.78 is 4.93. The number of urea groups is 1. The quantitative estimate of drug-likeness (QED) is 0.724. The van der Waals surface area contributed by atoms with Crippen LogP contribution in [-0.4, -0.2) is 44.8 Å². The third-order valence-corrected chi connectivity index (χ3v) is 2.90. The molecule has 0 saturated heterocycles. The smallest absolute Gasteiger partial charge is 0.317 e. The van der Waals surface area contributed by atoms with Crippen molar-refractivity contribution >= 4 is 6.03 Å². The van der Waals surface area contributed by atoms with Gasteiger partial charge in [-0.05, 0) is 25.2 Å². The predicted octanol–water partition coefficient (Wildman–Crippen LogP) is 1.63. The van der Waals surface area contributed by atoms with Crippen molar-refractivity contribution < 1.29 is 9.53 Å². The first-order valence-corrected chi connectivity index (χ1v) is 5.87. The molecular formula is C12H22N2O2. The molecule has 0 radical (unpaired) electrons. The Morgan fingerprint density at radius 1 is 1.56 bits per heavy atom. The monoisotopic (exact) mass is 226 g/mol. The van der Waals surface area contributed by atoms with E-state index in [0.717, 1.165) is 19.4 Å². The van der Waals surface area contributed by atoms with Gasteiger partial charge in [-0.1, -0.05) is 12.2 Å². The molecular weight excluding hydrogens is 204 g/mol. The highest BCUT2D eigenvalue weighted by molar-refractivity contribution is 5.73. The Bertz CT molecular complexity index is 241. The minimum Gasteiger partial charge on any atom is -0.383 e. The maximum atomic E-state index is 11.6. The molecule has 1 N–H and O–H groups in total. The second-order valence-electron chi connectivity index (χ2n) is 4.25. The normalized spacial score (nSPS) is 19.5. The number of hydrogen-bond acceptors (Lipinski definition) is 2. The van der Waals surface area contributed by atoms with E-state index in [9.17, 15) is 4.79 Å². The maximum absolute atomic E-state index is 11.6. The van der Waals surface area contributed by atoms with Crippen LogP contribution in [0.15, 0.2) is 12.2 Å². The van der Waals surface area contributed by atoms with Crippen molar-refractivity contribution in [2.24, 2.45) is 5.92 Å². The van der Waals surface area contributed by atoms with Crippen LogP contribution in [0.4, 0.5) is 4.79 Å². The number of rotatable bonds is 5. The summed E-state index contributed by atoms with van der Waals surface area (Å²) in [5.74, 6) is 0.602. The fraction of sp³-hybridized carbons (Fsp3) is 0.750. The van der Waals surface area contributed by atoms with Crippen LogP contribution in [0.1, 0.15) is 19.3 Å². The second-order valence-corrected chi connectivity index (χ2v) is 4.25. The number of hydrogen-bond donors (Lipinski definition) is 1. The highest BCUT2D eigenvalue weighted by Gasteiger charge is 2.13. The summed E-state index contributed by atoms with van der Waals surface area (Å²) in [4.78, 5) is 13.3. The van der Waals surface area contributed by atoms with Crippen LogP contribution in [0.5, 0.6) is 0 Å². The van der Waals surface area contributed by atoms with Crippen LogP contribution in [0.3, 0.4) is 0 Å². The summed E-state index contributed by atoms with van der Waals surface area (Å²) in [6.07, 6.45) is 7.82. The van der Waals surface area contributed by atoms with E-state index >= 15 is 0 Å². The Labute approximate surface area is 97.6 Å². The van der Waals surface area contributed by atoms with Gasteiger partial charge in [-0.15, -0.1) is 0 Å². The van der Waals surface area contributed by atoms with Gasteiger partial charge in [0.15, 0.2) is 0 Å². The van der Waals surface area contributed by atoms with E-state index in [0.29, 0.717) is 19.1 Å². The number of nitrogens with one attached hydrogen (secondary N) is 1. The lowest BCUT2D eigenvalue weighted by Gasteiger charge is -2.21. The predicted molar refractivity (Wildman–Crippen MR) is 64.4 cm³/mol. The van der Waals surface area contributed by atoms with E-state index in [1.807, 2.05) is 0 Å². The molecule has 0 aromatic heterocycles. The van der Waals surface area contributed by atoms with E-state index in [1.54, 1.807) is 19.1 Å². The van der Waals surface area contributed by atoms with Crippen molar-refractivity contribution in [1.82, 2.24) is 10.2 Å². The molecule has 0 saturated carbocycles. The Morgan fingerprint density at radius 3 is 3.00 bits per heavy atom. The van der Waals surface area contributed by atoms with Gasteiger partial charge >= 0.3 is 6.03 Å². The van der Waals surface area contributed by atoms with Crippen molar-refractivity contribution in [2.75, 3.05) is 33.9 Å². The van der Waals surface area contributed by atoms with E-state index in [1.165, 1.54) is 6.42 Å². The average Bonchev–Trinajstić information content (AvgIpc) is 2.34. The Balaban J connectivity index is 2.15. The van der Waals surface area contributed by atoms with Gasteiger partial charge < -0.3 is 15.0 Å². The zero-order chi connectivity index (χ0) is 11.8. The molecule has 2 amide bonds. The van der Waals surface area contributed by atoms with Gasteiger partial charge in [0.2, 0.25) is 0 Å². The van der Waals surface area contributed by atoms with Crippen LogP contribution < -0.4 is 5.32 Å². The van der Waals surface area contributed by atoms with E-state index in [4.69, 9.17) is 4.74 Å². The first-order chi connectivity index (χ1) is 7.74. The van der Waals surface area contributed by atoms with Gasteiger partial charge in [0.25, 0.3) is 0 Å². The van der Waals surface area contributed by atoms with Gasteiger partial charge in [-0.2, -0.15) is 0 Å². The molecule has 4 heteroatoms. The van der Waals surface area contributed by atoms with Crippen LogP contribution in [0.25, 0.3) is 0 Å². The third kappa shape index (κ3) is 4.66. The Kier molecular flexibility index (Phi) is 5.93. The molecule has 1 aliphatic carbocycles. The number of carbonyl (C=O) groups is 1. The molecule has 1 rings (SSSR count). The minimum absolute atomic E-state index is 0.00777. The molecule has 0 fully saturated rings. The van der Waals surface area contributed by atoms with Gasteiger partial charge in [-0.3, -0.25) is 0 Å². The summed E-state index contributed by atoms with van der Waals surface area (Å²) >= 11 is 0. The fourth-order valence-corrected chi connectivity index (χ4v) is 1.74. The largest absolute Gasteiger partial charge is 0.383 e. The van der Waals surface area contributed by atoms with Crippen LogP contribution in [0, 0.1) is 5.92 Å². The lowest BCUT2D eigenvalue weighted by atomic mass is 9.94. The van der Waals surface area contributed by atoms with Crippen LogP contribution in [0.2, 0.25) is 0 Å². The zero-order valence-corrected chi connectivity index (χ0v) is 10.2. The third-order valence-electron chi connectivity index (χ3n) is 2.90. The minimum atomic E-state index is -0.00777. The number of methoxy groups -OCH3 is 1. The lowest BCUT2D eigenvalue weighted by molar-refractivity contribution is 0.159. The number of nitrogens with zero attached hydrogens (tertiary/aromatic N) is 1. The van der Waals surface area contributed by atoms with Gasteiger partial charge in [0.1, 0.15) is 0 Å². The van der Waals surface area contributed by atoms with Crippen LogP contribution >= 0.6 is 0 Å². The molecule has 4 nitrogen and oxygen atoms in total. The highest BCUT2D eigenvalue weighted by Crippen LogP contribution is 2.16. The molecule has 1 atom stereocenters. The van der Waals surface area contributed by atoms with Crippen molar-refractivity contribution in [3.05, 3.63) is 12.2 Å². The maximum Gasteiger partial charge on any atom is 0.317 e. The molecule has 92 valence electrons.